The third kappa shape index (κ3) is 7.21. The lowest BCUT2D eigenvalue weighted by atomic mass is 10.1. The Morgan fingerprint density at radius 2 is 1.63 bits per heavy atom. The van der Waals surface area contributed by atoms with E-state index in [-0.39, 0.29) is 50.2 Å². The summed E-state index contributed by atoms with van der Waals surface area (Å²) < 4.78 is 32.8. The Kier molecular flexibility index (Phi) is 7.79. The standard InChI is InChI=1S/C19H30O8/c1-5-10-22-16(20)6-9-19(4)25-13-15(27-19)12-23-17(21)7-8-18(3)24-11-14(2)26-18/h5,14-15H,1,6-13H2,2-4H3. The largest absolute Gasteiger partial charge is 0.463 e. The zero-order valence-electron chi connectivity index (χ0n) is 16.4. The van der Waals surface area contributed by atoms with E-state index in [9.17, 15) is 9.59 Å². The zero-order valence-corrected chi connectivity index (χ0v) is 16.4. The maximum Gasteiger partial charge on any atom is 0.306 e. The van der Waals surface area contributed by atoms with Gasteiger partial charge in [0.2, 0.25) is 0 Å². The number of carbonyl (C=O) groups is 2. The van der Waals surface area contributed by atoms with E-state index in [0.717, 1.165) is 0 Å². The molecule has 0 aromatic carbocycles. The van der Waals surface area contributed by atoms with E-state index >= 15 is 0 Å². The highest BCUT2D eigenvalue weighted by molar-refractivity contribution is 5.69. The first-order valence-electron chi connectivity index (χ1n) is 9.29. The fourth-order valence-corrected chi connectivity index (χ4v) is 2.96. The van der Waals surface area contributed by atoms with Crippen molar-refractivity contribution in [1.82, 2.24) is 0 Å². The van der Waals surface area contributed by atoms with Crippen molar-refractivity contribution >= 4 is 11.9 Å². The fourth-order valence-electron chi connectivity index (χ4n) is 2.96. The van der Waals surface area contributed by atoms with Crippen LogP contribution in [-0.4, -0.2) is 62.1 Å². The predicted molar refractivity (Wildman–Crippen MR) is 94.7 cm³/mol. The van der Waals surface area contributed by atoms with Crippen molar-refractivity contribution in [2.24, 2.45) is 0 Å². The van der Waals surface area contributed by atoms with Gasteiger partial charge in [0, 0.05) is 12.8 Å². The molecule has 2 aliphatic heterocycles. The second-order valence-electron chi connectivity index (χ2n) is 7.21. The molecule has 2 fully saturated rings. The van der Waals surface area contributed by atoms with Crippen LogP contribution >= 0.6 is 0 Å². The molecular weight excluding hydrogens is 356 g/mol. The van der Waals surface area contributed by atoms with Crippen LogP contribution in [-0.2, 0) is 38.0 Å². The van der Waals surface area contributed by atoms with Crippen molar-refractivity contribution in [2.45, 2.75) is 70.2 Å². The first-order valence-corrected chi connectivity index (χ1v) is 9.29. The molecule has 2 aliphatic rings. The molecule has 2 heterocycles. The Morgan fingerprint density at radius 3 is 2.22 bits per heavy atom. The Balaban J connectivity index is 1.63. The number of ether oxygens (including phenoxy) is 6. The van der Waals surface area contributed by atoms with E-state index in [4.69, 9.17) is 28.4 Å². The summed E-state index contributed by atoms with van der Waals surface area (Å²) in [7, 11) is 0. The first kappa shape index (κ1) is 21.8. The molecule has 154 valence electrons. The molecule has 0 radical (unpaired) electrons. The highest BCUT2D eigenvalue weighted by Crippen LogP contribution is 2.29. The van der Waals surface area contributed by atoms with Gasteiger partial charge in [-0.25, -0.2) is 0 Å². The molecule has 0 amide bonds. The fraction of sp³-hybridized carbons (Fsp3) is 0.789. The van der Waals surface area contributed by atoms with Crippen molar-refractivity contribution in [3.63, 3.8) is 0 Å². The van der Waals surface area contributed by atoms with Gasteiger partial charge in [0.1, 0.15) is 19.3 Å². The minimum Gasteiger partial charge on any atom is -0.463 e. The molecule has 0 aromatic heterocycles. The first-order chi connectivity index (χ1) is 12.7. The van der Waals surface area contributed by atoms with Gasteiger partial charge in [0.15, 0.2) is 11.6 Å². The Bertz CT molecular complexity index is 536. The van der Waals surface area contributed by atoms with Crippen LogP contribution in [0, 0.1) is 0 Å². The van der Waals surface area contributed by atoms with Crippen LogP contribution < -0.4 is 0 Å². The van der Waals surface area contributed by atoms with Crippen molar-refractivity contribution in [3.8, 4) is 0 Å². The van der Waals surface area contributed by atoms with E-state index < -0.39 is 11.6 Å². The van der Waals surface area contributed by atoms with Gasteiger partial charge in [0.25, 0.3) is 0 Å². The molecule has 0 bridgehead atoms. The second kappa shape index (κ2) is 9.64. The van der Waals surface area contributed by atoms with Crippen LogP contribution in [0.3, 0.4) is 0 Å². The van der Waals surface area contributed by atoms with Crippen molar-refractivity contribution < 1.29 is 38.0 Å². The summed E-state index contributed by atoms with van der Waals surface area (Å²) in [5.74, 6) is -2.30. The highest BCUT2D eigenvalue weighted by Gasteiger charge is 2.39. The van der Waals surface area contributed by atoms with Crippen LogP contribution in [0.4, 0.5) is 0 Å². The Labute approximate surface area is 160 Å². The van der Waals surface area contributed by atoms with Gasteiger partial charge in [-0.3, -0.25) is 9.59 Å². The van der Waals surface area contributed by atoms with E-state index in [0.29, 0.717) is 26.1 Å². The summed E-state index contributed by atoms with van der Waals surface area (Å²) in [4.78, 5) is 23.5. The molecule has 8 heteroatoms. The third-order valence-electron chi connectivity index (χ3n) is 4.42. The number of hydrogen-bond acceptors (Lipinski definition) is 8. The average Bonchev–Trinajstić information content (AvgIpc) is 3.18. The van der Waals surface area contributed by atoms with Crippen LogP contribution in [0.1, 0.15) is 46.5 Å². The average molecular weight is 386 g/mol. The number of rotatable bonds is 10. The molecule has 27 heavy (non-hydrogen) atoms. The van der Waals surface area contributed by atoms with Crippen LogP contribution in [0.5, 0.6) is 0 Å². The van der Waals surface area contributed by atoms with Crippen molar-refractivity contribution in [1.29, 1.82) is 0 Å². The van der Waals surface area contributed by atoms with E-state index in [1.54, 1.807) is 6.92 Å². The molecule has 0 aromatic rings. The van der Waals surface area contributed by atoms with Gasteiger partial charge >= 0.3 is 11.9 Å². The van der Waals surface area contributed by atoms with Gasteiger partial charge in [-0.1, -0.05) is 12.7 Å². The quantitative estimate of drug-likeness (QED) is 0.417. The zero-order chi connectivity index (χ0) is 19.9. The number of esters is 2. The molecule has 0 aliphatic carbocycles. The van der Waals surface area contributed by atoms with E-state index in [1.807, 2.05) is 13.8 Å². The summed E-state index contributed by atoms with van der Waals surface area (Å²) >= 11 is 0. The van der Waals surface area contributed by atoms with Crippen molar-refractivity contribution in [3.05, 3.63) is 12.7 Å². The Hall–Kier alpha value is -1.48. The summed E-state index contributed by atoms with van der Waals surface area (Å²) in [6.45, 7) is 10.1. The summed E-state index contributed by atoms with van der Waals surface area (Å²) in [6.07, 6.45) is 2.34. The second-order valence-corrected chi connectivity index (χ2v) is 7.21. The molecule has 0 spiro atoms. The molecule has 0 saturated carbocycles. The normalized spacial score (nSPS) is 33.0. The minimum absolute atomic E-state index is 0.0294. The molecule has 2 saturated heterocycles. The lowest BCUT2D eigenvalue weighted by Gasteiger charge is -2.23. The Morgan fingerprint density at radius 1 is 1.04 bits per heavy atom. The van der Waals surface area contributed by atoms with E-state index in [2.05, 4.69) is 6.58 Å². The summed E-state index contributed by atoms with van der Waals surface area (Å²) in [5, 5.41) is 0. The molecule has 0 N–H and O–H groups in total. The molecule has 8 nitrogen and oxygen atoms in total. The molecule has 4 unspecified atom stereocenters. The summed E-state index contributed by atoms with van der Waals surface area (Å²) in [6, 6.07) is 0. The minimum atomic E-state index is -0.889. The third-order valence-corrected chi connectivity index (χ3v) is 4.42. The summed E-state index contributed by atoms with van der Waals surface area (Å²) in [5.41, 5.74) is 0. The van der Waals surface area contributed by atoms with Gasteiger partial charge in [-0.15, -0.1) is 0 Å². The van der Waals surface area contributed by atoms with Gasteiger partial charge < -0.3 is 28.4 Å². The SMILES string of the molecule is C=CCOC(=O)CCC1(C)OCC(COC(=O)CCC2(C)OCC(C)O2)O1. The lowest BCUT2D eigenvalue weighted by Crippen LogP contribution is -2.30. The lowest BCUT2D eigenvalue weighted by molar-refractivity contribution is -0.177. The maximum atomic E-state index is 12.0. The topological polar surface area (TPSA) is 89.5 Å². The van der Waals surface area contributed by atoms with E-state index in [1.165, 1.54) is 6.08 Å². The molecular formula is C19H30O8. The van der Waals surface area contributed by atoms with Crippen LogP contribution in [0.2, 0.25) is 0 Å². The molecule has 4 atom stereocenters. The van der Waals surface area contributed by atoms with Gasteiger partial charge in [-0.2, -0.15) is 0 Å². The predicted octanol–water partition coefficient (Wildman–Crippen LogP) is 2.10. The van der Waals surface area contributed by atoms with Gasteiger partial charge in [0.05, 0.1) is 32.2 Å². The van der Waals surface area contributed by atoms with Crippen molar-refractivity contribution in [2.75, 3.05) is 26.4 Å². The number of carbonyl (C=O) groups excluding carboxylic acids is 2. The maximum absolute atomic E-state index is 12.0. The molecule has 2 rings (SSSR count). The van der Waals surface area contributed by atoms with Crippen LogP contribution in [0.25, 0.3) is 0 Å². The van der Waals surface area contributed by atoms with Crippen LogP contribution in [0.15, 0.2) is 12.7 Å². The monoisotopic (exact) mass is 386 g/mol. The number of hydrogen-bond donors (Lipinski definition) is 0. The highest BCUT2D eigenvalue weighted by atomic mass is 16.8. The van der Waals surface area contributed by atoms with Gasteiger partial charge in [-0.05, 0) is 20.8 Å². The smallest absolute Gasteiger partial charge is 0.306 e.